The van der Waals surface area contributed by atoms with E-state index < -0.39 is 0 Å². The Kier molecular flexibility index (Phi) is 3.75. The van der Waals surface area contributed by atoms with E-state index in [0.29, 0.717) is 6.61 Å². The summed E-state index contributed by atoms with van der Waals surface area (Å²) < 4.78 is 5.73. The largest absolute Gasteiger partial charge is 0.390 e. The Morgan fingerprint density at radius 1 is 1.13 bits per heavy atom. The summed E-state index contributed by atoms with van der Waals surface area (Å²) in [4.78, 5) is 0. The maximum atomic E-state index is 9.72. The van der Waals surface area contributed by atoms with Crippen LogP contribution in [-0.2, 0) is 11.3 Å². The van der Waals surface area contributed by atoms with Gasteiger partial charge in [-0.1, -0.05) is 43.2 Å². The lowest BCUT2D eigenvalue weighted by atomic mass is 9.95. The first-order chi connectivity index (χ1) is 7.36. The molecule has 1 fully saturated rings. The second kappa shape index (κ2) is 5.29. The van der Waals surface area contributed by atoms with Gasteiger partial charge in [0.1, 0.15) is 0 Å². The van der Waals surface area contributed by atoms with Crippen molar-refractivity contribution in [2.45, 2.75) is 44.5 Å². The van der Waals surface area contributed by atoms with E-state index in [1.54, 1.807) is 0 Å². The first-order valence-corrected chi connectivity index (χ1v) is 5.70. The Balaban J connectivity index is 1.82. The van der Waals surface area contributed by atoms with E-state index in [4.69, 9.17) is 4.74 Å². The minimum absolute atomic E-state index is 0.0407. The third-order valence-corrected chi connectivity index (χ3v) is 2.97. The Labute approximate surface area is 90.9 Å². The molecule has 1 aromatic carbocycles. The zero-order valence-electron chi connectivity index (χ0n) is 8.93. The molecule has 2 nitrogen and oxygen atoms in total. The van der Waals surface area contributed by atoms with Gasteiger partial charge in [0.2, 0.25) is 0 Å². The van der Waals surface area contributed by atoms with Gasteiger partial charge in [-0.05, 0) is 18.4 Å². The maximum absolute atomic E-state index is 9.72. The molecule has 1 aliphatic carbocycles. The molecule has 0 spiro atoms. The molecule has 1 aliphatic rings. The summed E-state index contributed by atoms with van der Waals surface area (Å²) in [6, 6.07) is 10.1. The van der Waals surface area contributed by atoms with E-state index in [1.807, 2.05) is 18.2 Å². The smallest absolute Gasteiger partial charge is 0.0838 e. The van der Waals surface area contributed by atoms with Crippen LogP contribution >= 0.6 is 0 Å². The van der Waals surface area contributed by atoms with Gasteiger partial charge in [0, 0.05) is 0 Å². The molecule has 0 aliphatic heterocycles. The third-order valence-electron chi connectivity index (χ3n) is 2.97. The summed E-state index contributed by atoms with van der Waals surface area (Å²) in [5.41, 5.74) is 1.18. The van der Waals surface area contributed by atoms with Crippen molar-refractivity contribution in [2.75, 3.05) is 0 Å². The fourth-order valence-electron chi connectivity index (χ4n) is 2.05. The van der Waals surface area contributed by atoms with E-state index in [1.165, 1.54) is 12.0 Å². The average molecular weight is 206 g/mol. The minimum Gasteiger partial charge on any atom is -0.390 e. The Morgan fingerprint density at radius 2 is 1.87 bits per heavy atom. The lowest BCUT2D eigenvalue weighted by Gasteiger charge is -2.27. The van der Waals surface area contributed by atoms with Gasteiger partial charge >= 0.3 is 0 Å². The fourth-order valence-corrected chi connectivity index (χ4v) is 2.05. The summed E-state index contributed by atoms with van der Waals surface area (Å²) in [6.07, 6.45) is 3.97. The van der Waals surface area contributed by atoms with E-state index in [9.17, 15) is 5.11 Å². The Bertz CT molecular complexity index is 284. The predicted molar refractivity (Wildman–Crippen MR) is 59.5 cm³/mol. The van der Waals surface area contributed by atoms with E-state index >= 15 is 0 Å². The summed E-state index contributed by atoms with van der Waals surface area (Å²) in [7, 11) is 0. The minimum atomic E-state index is -0.262. The highest BCUT2D eigenvalue weighted by molar-refractivity contribution is 5.13. The van der Waals surface area contributed by atoms with Crippen molar-refractivity contribution in [3.63, 3.8) is 0 Å². The summed E-state index contributed by atoms with van der Waals surface area (Å²) in [5, 5.41) is 9.72. The SMILES string of the molecule is OC1CCCCC1OCc1ccccc1. The number of ether oxygens (including phenoxy) is 1. The molecule has 1 N–H and O–H groups in total. The normalized spacial score (nSPS) is 26.5. The zero-order chi connectivity index (χ0) is 10.5. The molecule has 1 saturated carbocycles. The molecular formula is C13H18O2. The van der Waals surface area contributed by atoms with Gasteiger partial charge in [-0.25, -0.2) is 0 Å². The van der Waals surface area contributed by atoms with Gasteiger partial charge in [-0.15, -0.1) is 0 Å². The molecule has 2 heteroatoms. The zero-order valence-corrected chi connectivity index (χ0v) is 8.93. The maximum Gasteiger partial charge on any atom is 0.0838 e. The molecule has 0 amide bonds. The van der Waals surface area contributed by atoms with Gasteiger partial charge in [-0.2, -0.15) is 0 Å². The predicted octanol–water partition coefficient (Wildman–Crippen LogP) is 2.51. The van der Waals surface area contributed by atoms with Gasteiger partial charge in [0.15, 0.2) is 0 Å². The van der Waals surface area contributed by atoms with Gasteiger partial charge in [0.25, 0.3) is 0 Å². The first kappa shape index (κ1) is 10.7. The first-order valence-electron chi connectivity index (χ1n) is 5.70. The number of rotatable bonds is 3. The van der Waals surface area contributed by atoms with Crippen LogP contribution in [0.25, 0.3) is 0 Å². The van der Waals surface area contributed by atoms with Crippen LogP contribution in [0.3, 0.4) is 0 Å². The molecule has 2 unspecified atom stereocenters. The van der Waals surface area contributed by atoms with Crippen LogP contribution in [0.2, 0.25) is 0 Å². The van der Waals surface area contributed by atoms with Crippen LogP contribution < -0.4 is 0 Å². The van der Waals surface area contributed by atoms with E-state index in [0.717, 1.165) is 19.3 Å². The van der Waals surface area contributed by atoms with Gasteiger partial charge in [-0.3, -0.25) is 0 Å². The Hall–Kier alpha value is -0.860. The van der Waals surface area contributed by atoms with Crippen molar-refractivity contribution < 1.29 is 9.84 Å². The van der Waals surface area contributed by atoms with Crippen LogP contribution in [-0.4, -0.2) is 17.3 Å². The highest BCUT2D eigenvalue weighted by atomic mass is 16.5. The fraction of sp³-hybridized carbons (Fsp3) is 0.538. The molecule has 1 aromatic rings. The molecule has 2 atom stereocenters. The average Bonchev–Trinajstić information content (AvgIpc) is 2.29. The highest BCUT2D eigenvalue weighted by Gasteiger charge is 2.23. The monoisotopic (exact) mass is 206 g/mol. The van der Waals surface area contributed by atoms with Crippen molar-refractivity contribution in [1.29, 1.82) is 0 Å². The van der Waals surface area contributed by atoms with Gasteiger partial charge < -0.3 is 9.84 Å². The van der Waals surface area contributed by atoms with Crippen LogP contribution in [0.1, 0.15) is 31.2 Å². The number of aliphatic hydroxyl groups is 1. The topological polar surface area (TPSA) is 29.5 Å². The van der Waals surface area contributed by atoms with Gasteiger partial charge in [0.05, 0.1) is 18.8 Å². The lowest BCUT2D eigenvalue weighted by molar-refractivity contribution is -0.0661. The second-order valence-corrected chi connectivity index (χ2v) is 4.19. The molecule has 0 radical (unpaired) electrons. The lowest BCUT2D eigenvalue weighted by Crippen LogP contribution is -2.32. The van der Waals surface area contributed by atoms with E-state index in [2.05, 4.69) is 12.1 Å². The number of aliphatic hydroxyl groups excluding tert-OH is 1. The molecule has 0 saturated heterocycles. The molecule has 2 rings (SSSR count). The molecule has 82 valence electrons. The van der Waals surface area contributed by atoms with Crippen LogP contribution in [0, 0.1) is 0 Å². The van der Waals surface area contributed by atoms with Crippen molar-refractivity contribution in [3.05, 3.63) is 35.9 Å². The standard InChI is InChI=1S/C13H18O2/c14-12-8-4-5-9-13(12)15-10-11-6-2-1-3-7-11/h1-3,6-7,12-14H,4-5,8-10H2. The van der Waals surface area contributed by atoms with Crippen molar-refractivity contribution >= 4 is 0 Å². The molecule has 0 aromatic heterocycles. The van der Waals surface area contributed by atoms with Crippen molar-refractivity contribution in [1.82, 2.24) is 0 Å². The highest BCUT2D eigenvalue weighted by Crippen LogP contribution is 2.22. The summed E-state index contributed by atoms with van der Waals surface area (Å²) in [6.45, 7) is 0.614. The van der Waals surface area contributed by atoms with E-state index in [-0.39, 0.29) is 12.2 Å². The Morgan fingerprint density at radius 3 is 2.60 bits per heavy atom. The molecule has 15 heavy (non-hydrogen) atoms. The van der Waals surface area contributed by atoms with Crippen molar-refractivity contribution in [3.8, 4) is 0 Å². The number of hydrogen-bond acceptors (Lipinski definition) is 2. The summed E-state index contributed by atoms with van der Waals surface area (Å²) >= 11 is 0. The second-order valence-electron chi connectivity index (χ2n) is 4.19. The quantitative estimate of drug-likeness (QED) is 0.823. The molecule has 0 bridgehead atoms. The number of benzene rings is 1. The van der Waals surface area contributed by atoms with Crippen LogP contribution in [0.5, 0.6) is 0 Å². The van der Waals surface area contributed by atoms with Crippen molar-refractivity contribution in [2.24, 2.45) is 0 Å². The summed E-state index contributed by atoms with van der Waals surface area (Å²) in [5.74, 6) is 0. The van der Waals surface area contributed by atoms with Crippen LogP contribution in [0.15, 0.2) is 30.3 Å². The number of hydrogen-bond donors (Lipinski definition) is 1. The molecule has 0 heterocycles. The third kappa shape index (κ3) is 3.05. The van der Waals surface area contributed by atoms with Crippen LogP contribution in [0.4, 0.5) is 0 Å². The molecular weight excluding hydrogens is 188 g/mol.